The fourth-order valence-corrected chi connectivity index (χ4v) is 1.73. The number of hydrogen-bond acceptors (Lipinski definition) is 7. The predicted octanol–water partition coefficient (Wildman–Crippen LogP) is 1.72. The highest BCUT2D eigenvalue weighted by atomic mass is 16.5. The van der Waals surface area contributed by atoms with Gasteiger partial charge < -0.3 is 9.47 Å². The van der Waals surface area contributed by atoms with Crippen LogP contribution in [0.5, 0.6) is 11.5 Å². The molecule has 0 fully saturated rings. The van der Waals surface area contributed by atoms with Gasteiger partial charge in [0.25, 0.3) is 5.56 Å². The minimum absolute atomic E-state index is 0.0574. The molecule has 1 heterocycles. The van der Waals surface area contributed by atoms with Crippen LogP contribution >= 0.6 is 0 Å². The summed E-state index contributed by atoms with van der Waals surface area (Å²) in [5.41, 5.74) is 3.40. The van der Waals surface area contributed by atoms with Crippen LogP contribution in [0.4, 0.5) is 5.95 Å². The summed E-state index contributed by atoms with van der Waals surface area (Å²) in [5, 5.41) is 11.5. The van der Waals surface area contributed by atoms with Gasteiger partial charge in [0.2, 0.25) is 5.95 Å². The van der Waals surface area contributed by atoms with Gasteiger partial charge >= 0.3 is 0 Å². The van der Waals surface area contributed by atoms with Crippen molar-refractivity contribution < 1.29 is 9.47 Å². The standard InChI is InChI=1S/C15H19N5O3/c1-9(2)23-12-6-5-11(7-13(12)22-4)8-16-19-15-17-14(21)10(3)18-20-15/h5-9H,1-4H3,(H2,17,19,20,21). The summed E-state index contributed by atoms with van der Waals surface area (Å²) >= 11 is 0. The highest BCUT2D eigenvalue weighted by Gasteiger charge is 2.06. The molecule has 0 unspecified atom stereocenters. The van der Waals surface area contributed by atoms with Crippen molar-refractivity contribution in [3.8, 4) is 11.5 Å². The Balaban J connectivity index is 2.09. The van der Waals surface area contributed by atoms with Crippen LogP contribution in [-0.4, -0.2) is 34.6 Å². The third-order valence-corrected chi connectivity index (χ3v) is 2.79. The first kappa shape index (κ1) is 16.5. The number of hydrazone groups is 1. The molecular weight excluding hydrogens is 298 g/mol. The van der Waals surface area contributed by atoms with Gasteiger partial charge in [0.05, 0.1) is 19.4 Å². The second-order valence-corrected chi connectivity index (χ2v) is 5.04. The Bertz CT molecular complexity index is 755. The van der Waals surface area contributed by atoms with Crippen LogP contribution < -0.4 is 20.5 Å². The third kappa shape index (κ3) is 4.53. The van der Waals surface area contributed by atoms with E-state index in [4.69, 9.17) is 9.47 Å². The van der Waals surface area contributed by atoms with Crippen LogP contribution in [0.2, 0.25) is 0 Å². The minimum atomic E-state index is -0.311. The monoisotopic (exact) mass is 317 g/mol. The molecule has 2 rings (SSSR count). The lowest BCUT2D eigenvalue weighted by atomic mass is 10.2. The zero-order chi connectivity index (χ0) is 16.8. The van der Waals surface area contributed by atoms with Gasteiger partial charge in [-0.3, -0.25) is 9.78 Å². The van der Waals surface area contributed by atoms with Crippen LogP contribution in [0.25, 0.3) is 0 Å². The van der Waals surface area contributed by atoms with E-state index in [1.165, 1.54) is 0 Å². The summed E-state index contributed by atoms with van der Waals surface area (Å²) in [6.07, 6.45) is 1.63. The molecule has 0 atom stereocenters. The Hall–Kier alpha value is -2.90. The molecule has 0 bridgehead atoms. The van der Waals surface area contributed by atoms with Gasteiger partial charge in [-0.25, -0.2) is 5.43 Å². The molecule has 0 aliphatic rings. The number of aromatic amines is 1. The van der Waals surface area contributed by atoms with Crippen LogP contribution in [0.15, 0.2) is 28.1 Å². The molecular formula is C15H19N5O3. The third-order valence-electron chi connectivity index (χ3n) is 2.79. The first-order chi connectivity index (χ1) is 11.0. The van der Waals surface area contributed by atoms with Crippen LogP contribution in [0.3, 0.4) is 0 Å². The van der Waals surface area contributed by atoms with Crippen molar-refractivity contribution in [2.45, 2.75) is 26.9 Å². The van der Waals surface area contributed by atoms with Crippen LogP contribution in [-0.2, 0) is 0 Å². The predicted molar refractivity (Wildman–Crippen MR) is 87.4 cm³/mol. The molecule has 8 heteroatoms. The summed E-state index contributed by atoms with van der Waals surface area (Å²) in [5.74, 6) is 1.45. The fraction of sp³-hybridized carbons (Fsp3) is 0.333. The average molecular weight is 317 g/mol. The highest BCUT2D eigenvalue weighted by Crippen LogP contribution is 2.28. The SMILES string of the molecule is COc1cc(C=NNc2nnc(C)c(=O)[nH]2)ccc1OC(C)C. The second kappa shape index (κ2) is 7.39. The molecule has 2 aromatic rings. The first-order valence-corrected chi connectivity index (χ1v) is 7.07. The maximum absolute atomic E-state index is 11.4. The summed E-state index contributed by atoms with van der Waals surface area (Å²) in [6.45, 7) is 5.47. The van der Waals surface area contributed by atoms with Gasteiger partial charge in [-0.2, -0.15) is 5.10 Å². The first-order valence-electron chi connectivity index (χ1n) is 7.07. The van der Waals surface area contributed by atoms with Gasteiger partial charge in [-0.15, -0.1) is 10.2 Å². The number of benzene rings is 1. The number of aromatic nitrogens is 3. The van der Waals surface area contributed by atoms with Gasteiger partial charge in [0.1, 0.15) is 5.69 Å². The lowest BCUT2D eigenvalue weighted by molar-refractivity contribution is 0.230. The molecule has 122 valence electrons. The summed E-state index contributed by atoms with van der Waals surface area (Å²) in [7, 11) is 1.58. The number of anilines is 1. The molecule has 0 aliphatic heterocycles. The fourth-order valence-electron chi connectivity index (χ4n) is 1.73. The molecule has 0 spiro atoms. The Morgan fingerprint density at radius 3 is 2.74 bits per heavy atom. The number of H-pyrrole nitrogens is 1. The molecule has 2 N–H and O–H groups in total. The molecule has 0 saturated heterocycles. The molecule has 0 radical (unpaired) electrons. The molecule has 1 aromatic carbocycles. The number of ether oxygens (including phenoxy) is 2. The normalized spacial score (nSPS) is 11.0. The molecule has 0 aliphatic carbocycles. The van der Waals surface area contributed by atoms with E-state index >= 15 is 0 Å². The van der Waals surface area contributed by atoms with Crippen LogP contribution in [0, 0.1) is 6.92 Å². The van der Waals surface area contributed by atoms with E-state index < -0.39 is 0 Å². The number of nitrogens with zero attached hydrogens (tertiary/aromatic N) is 3. The Kier molecular flexibility index (Phi) is 5.29. The maximum Gasteiger partial charge on any atom is 0.274 e. The zero-order valence-electron chi connectivity index (χ0n) is 13.5. The van der Waals surface area contributed by atoms with E-state index in [1.54, 1.807) is 26.3 Å². The lowest BCUT2D eigenvalue weighted by Crippen LogP contribution is -2.15. The van der Waals surface area contributed by atoms with E-state index in [2.05, 4.69) is 25.7 Å². The Morgan fingerprint density at radius 1 is 1.30 bits per heavy atom. The summed E-state index contributed by atoms with van der Waals surface area (Å²) in [4.78, 5) is 13.9. The Labute approximate surface area is 133 Å². The smallest absolute Gasteiger partial charge is 0.274 e. The number of aryl methyl sites for hydroxylation is 1. The van der Waals surface area contributed by atoms with Crippen molar-refractivity contribution in [1.82, 2.24) is 15.2 Å². The number of methoxy groups -OCH3 is 1. The Morgan fingerprint density at radius 2 is 2.09 bits per heavy atom. The van der Waals surface area contributed by atoms with E-state index in [0.29, 0.717) is 17.2 Å². The minimum Gasteiger partial charge on any atom is -0.493 e. The topological polar surface area (TPSA) is 101 Å². The highest BCUT2D eigenvalue weighted by molar-refractivity contribution is 5.81. The van der Waals surface area contributed by atoms with E-state index in [1.807, 2.05) is 26.0 Å². The van der Waals surface area contributed by atoms with Gasteiger partial charge in [-0.1, -0.05) is 0 Å². The molecule has 1 aromatic heterocycles. The van der Waals surface area contributed by atoms with Crippen molar-refractivity contribution in [3.05, 3.63) is 39.8 Å². The number of rotatable bonds is 6. The van der Waals surface area contributed by atoms with Gasteiger partial charge in [-0.05, 0) is 44.5 Å². The van der Waals surface area contributed by atoms with Crippen molar-refractivity contribution >= 4 is 12.2 Å². The molecule has 0 saturated carbocycles. The van der Waals surface area contributed by atoms with Gasteiger partial charge in [0, 0.05) is 0 Å². The average Bonchev–Trinajstić information content (AvgIpc) is 2.51. The second-order valence-electron chi connectivity index (χ2n) is 5.04. The summed E-state index contributed by atoms with van der Waals surface area (Å²) in [6, 6.07) is 5.45. The van der Waals surface area contributed by atoms with Crippen LogP contribution in [0.1, 0.15) is 25.1 Å². The lowest BCUT2D eigenvalue weighted by Gasteiger charge is -2.13. The molecule has 8 nitrogen and oxygen atoms in total. The van der Waals surface area contributed by atoms with Gasteiger partial charge in [0.15, 0.2) is 11.5 Å². The number of nitrogens with one attached hydrogen (secondary N) is 2. The summed E-state index contributed by atoms with van der Waals surface area (Å²) < 4.78 is 10.9. The molecule has 23 heavy (non-hydrogen) atoms. The maximum atomic E-state index is 11.4. The quantitative estimate of drug-likeness (QED) is 0.621. The van der Waals surface area contributed by atoms with Crippen molar-refractivity contribution in [2.75, 3.05) is 12.5 Å². The van der Waals surface area contributed by atoms with Crippen molar-refractivity contribution in [2.24, 2.45) is 5.10 Å². The molecule has 0 amide bonds. The van der Waals surface area contributed by atoms with E-state index in [0.717, 1.165) is 5.56 Å². The van der Waals surface area contributed by atoms with E-state index in [-0.39, 0.29) is 17.6 Å². The van der Waals surface area contributed by atoms with Crippen molar-refractivity contribution in [1.29, 1.82) is 0 Å². The number of hydrogen-bond donors (Lipinski definition) is 2. The van der Waals surface area contributed by atoms with E-state index in [9.17, 15) is 4.79 Å². The zero-order valence-corrected chi connectivity index (χ0v) is 13.5. The largest absolute Gasteiger partial charge is 0.493 e. The van der Waals surface area contributed by atoms with Crippen molar-refractivity contribution in [3.63, 3.8) is 0 Å².